The Kier molecular flexibility index (Phi) is 5.13. The molecule has 3 N–H and O–H groups in total. The van der Waals surface area contributed by atoms with Crippen LogP contribution in [0.5, 0.6) is 0 Å². The van der Waals surface area contributed by atoms with Crippen LogP contribution in [0.1, 0.15) is 12.5 Å². The lowest BCUT2D eigenvalue weighted by atomic mass is 10.1. The number of nitrogens with two attached hydrogens (primary N) is 1. The van der Waals surface area contributed by atoms with Crippen LogP contribution in [0.25, 0.3) is 0 Å². The molecule has 0 spiro atoms. The minimum Gasteiger partial charge on any atom is -0.384 e. The Hall–Kier alpha value is -1.11. The van der Waals surface area contributed by atoms with Gasteiger partial charge in [0.1, 0.15) is 0 Å². The molecule has 5 nitrogen and oxygen atoms in total. The van der Waals surface area contributed by atoms with E-state index in [-0.39, 0.29) is 4.90 Å². The largest absolute Gasteiger partial charge is 0.384 e. The Morgan fingerprint density at radius 1 is 1.44 bits per heavy atom. The van der Waals surface area contributed by atoms with Crippen molar-refractivity contribution in [3.8, 4) is 0 Å². The number of sulfonamides is 1. The van der Waals surface area contributed by atoms with Crippen LogP contribution in [0.2, 0.25) is 0 Å². The van der Waals surface area contributed by atoms with Crippen LogP contribution in [0.4, 0.5) is 5.69 Å². The van der Waals surface area contributed by atoms with Crippen LogP contribution in [0.15, 0.2) is 23.1 Å². The summed E-state index contributed by atoms with van der Waals surface area (Å²) in [4.78, 5) is 0.159. The Bertz CT molecular complexity index is 500. The van der Waals surface area contributed by atoms with Gasteiger partial charge in [-0.25, -0.2) is 13.6 Å². The van der Waals surface area contributed by atoms with E-state index in [1.54, 1.807) is 20.1 Å². The van der Waals surface area contributed by atoms with Crippen molar-refractivity contribution in [3.05, 3.63) is 23.8 Å². The van der Waals surface area contributed by atoms with Gasteiger partial charge >= 0.3 is 0 Å². The number of hydrogen-bond acceptors (Lipinski definition) is 4. The molecule has 102 valence electrons. The third-order valence-electron chi connectivity index (χ3n) is 2.68. The fourth-order valence-electron chi connectivity index (χ4n) is 1.74. The van der Waals surface area contributed by atoms with E-state index >= 15 is 0 Å². The van der Waals surface area contributed by atoms with E-state index in [9.17, 15) is 8.42 Å². The average molecular weight is 272 g/mol. The highest BCUT2D eigenvalue weighted by Crippen LogP contribution is 2.22. The second kappa shape index (κ2) is 6.17. The van der Waals surface area contributed by atoms with Crippen LogP contribution in [0, 0.1) is 12.8 Å². The second-order valence-electron chi connectivity index (χ2n) is 4.42. The van der Waals surface area contributed by atoms with Gasteiger partial charge in [-0.3, -0.25) is 0 Å². The fraction of sp³-hybridized carbons (Fsp3) is 0.500. The SMILES string of the molecule is COCC(C)CNc1cccc(S(N)(=O)=O)c1C. The number of hydrogen-bond donors (Lipinski definition) is 2. The van der Waals surface area contributed by atoms with Crippen molar-refractivity contribution in [2.75, 3.05) is 25.6 Å². The molecule has 0 aromatic heterocycles. The smallest absolute Gasteiger partial charge is 0.238 e. The zero-order valence-corrected chi connectivity index (χ0v) is 11.8. The molecule has 0 heterocycles. The molecular weight excluding hydrogens is 252 g/mol. The molecule has 0 aliphatic carbocycles. The van der Waals surface area contributed by atoms with Gasteiger partial charge in [-0.15, -0.1) is 0 Å². The summed E-state index contributed by atoms with van der Waals surface area (Å²) in [6.45, 7) is 5.15. The normalized spacial score (nSPS) is 13.3. The first kappa shape index (κ1) is 14.9. The lowest BCUT2D eigenvalue weighted by Crippen LogP contribution is -2.18. The molecule has 0 aliphatic rings. The summed E-state index contributed by atoms with van der Waals surface area (Å²) < 4.78 is 27.8. The zero-order valence-electron chi connectivity index (χ0n) is 10.9. The molecule has 6 heteroatoms. The van der Waals surface area contributed by atoms with E-state index in [0.29, 0.717) is 24.6 Å². The molecule has 1 rings (SSSR count). The predicted molar refractivity (Wildman–Crippen MR) is 72.1 cm³/mol. The maximum Gasteiger partial charge on any atom is 0.238 e. The highest BCUT2D eigenvalue weighted by Gasteiger charge is 2.13. The van der Waals surface area contributed by atoms with Crippen LogP contribution in [-0.2, 0) is 14.8 Å². The molecule has 1 unspecified atom stereocenters. The molecule has 18 heavy (non-hydrogen) atoms. The number of anilines is 1. The Morgan fingerprint density at radius 3 is 2.67 bits per heavy atom. The highest BCUT2D eigenvalue weighted by molar-refractivity contribution is 7.89. The van der Waals surface area contributed by atoms with Crippen molar-refractivity contribution in [2.45, 2.75) is 18.7 Å². The maximum absolute atomic E-state index is 11.4. The third-order valence-corrected chi connectivity index (χ3v) is 3.74. The lowest BCUT2D eigenvalue weighted by molar-refractivity contribution is 0.164. The number of benzene rings is 1. The summed E-state index contributed by atoms with van der Waals surface area (Å²) in [7, 11) is -2.01. The minimum absolute atomic E-state index is 0.159. The topological polar surface area (TPSA) is 81.4 Å². The quantitative estimate of drug-likeness (QED) is 0.818. The summed E-state index contributed by atoms with van der Waals surface area (Å²) in [6, 6.07) is 5.02. The third kappa shape index (κ3) is 3.97. The molecule has 0 radical (unpaired) electrons. The number of ether oxygens (including phenoxy) is 1. The van der Waals surface area contributed by atoms with Crippen molar-refractivity contribution in [1.82, 2.24) is 0 Å². The first-order chi connectivity index (χ1) is 8.36. The number of rotatable bonds is 6. The minimum atomic E-state index is -3.67. The first-order valence-electron chi connectivity index (χ1n) is 5.71. The van der Waals surface area contributed by atoms with Gasteiger partial charge in [0.25, 0.3) is 0 Å². The Labute approximate surface area is 108 Å². The van der Waals surface area contributed by atoms with Gasteiger partial charge in [-0.2, -0.15) is 0 Å². The molecule has 0 aliphatic heterocycles. The summed E-state index contributed by atoms with van der Waals surface area (Å²) >= 11 is 0. The molecule has 1 atom stereocenters. The molecule has 0 amide bonds. The molecular formula is C12H20N2O3S. The molecule has 0 saturated carbocycles. The van der Waals surface area contributed by atoms with Crippen molar-refractivity contribution in [1.29, 1.82) is 0 Å². The van der Waals surface area contributed by atoms with E-state index < -0.39 is 10.0 Å². The van der Waals surface area contributed by atoms with Crippen molar-refractivity contribution < 1.29 is 13.2 Å². The van der Waals surface area contributed by atoms with Crippen molar-refractivity contribution in [2.24, 2.45) is 11.1 Å². The average Bonchev–Trinajstić information content (AvgIpc) is 2.26. The fourth-order valence-corrected chi connectivity index (χ4v) is 2.55. The number of nitrogens with one attached hydrogen (secondary N) is 1. The predicted octanol–water partition coefficient (Wildman–Crippen LogP) is 1.34. The molecule has 1 aromatic rings. The number of primary sulfonamides is 1. The highest BCUT2D eigenvalue weighted by atomic mass is 32.2. The van der Waals surface area contributed by atoms with Gasteiger partial charge in [0.05, 0.1) is 11.5 Å². The van der Waals surface area contributed by atoms with Crippen LogP contribution in [-0.4, -0.2) is 28.7 Å². The van der Waals surface area contributed by atoms with Crippen molar-refractivity contribution >= 4 is 15.7 Å². The monoisotopic (exact) mass is 272 g/mol. The maximum atomic E-state index is 11.4. The van der Waals surface area contributed by atoms with Gasteiger partial charge < -0.3 is 10.1 Å². The van der Waals surface area contributed by atoms with Gasteiger partial charge in [0.2, 0.25) is 10.0 Å². The van der Waals surface area contributed by atoms with Crippen LogP contribution >= 0.6 is 0 Å². The molecule has 0 fully saturated rings. The summed E-state index contributed by atoms with van der Waals surface area (Å²) in [5, 5.41) is 8.36. The lowest BCUT2D eigenvalue weighted by Gasteiger charge is -2.15. The van der Waals surface area contributed by atoms with E-state index in [1.165, 1.54) is 6.07 Å². The standard InChI is InChI=1S/C12H20N2O3S/c1-9(8-17-3)7-14-11-5-4-6-12(10(11)2)18(13,15)16/h4-6,9,14H,7-8H2,1-3H3,(H2,13,15,16). The zero-order chi connectivity index (χ0) is 13.8. The van der Waals surface area contributed by atoms with E-state index in [4.69, 9.17) is 9.88 Å². The van der Waals surface area contributed by atoms with Gasteiger partial charge in [0, 0.05) is 19.3 Å². The van der Waals surface area contributed by atoms with Crippen molar-refractivity contribution in [3.63, 3.8) is 0 Å². The summed E-state index contributed by atoms with van der Waals surface area (Å²) in [6.07, 6.45) is 0. The molecule has 0 saturated heterocycles. The summed E-state index contributed by atoms with van der Waals surface area (Å²) in [5.41, 5.74) is 1.43. The first-order valence-corrected chi connectivity index (χ1v) is 7.26. The van der Waals surface area contributed by atoms with Gasteiger partial charge in [0.15, 0.2) is 0 Å². The molecule has 0 bridgehead atoms. The Balaban J connectivity index is 2.85. The number of methoxy groups -OCH3 is 1. The second-order valence-corrected chi connectivity index (χ2v) is 5.94. The molecule has 1 aromatic carbocycles. The van der Waals surface area contributed by atoms with Gasteiger partial charge in [-0.1, -0.05) is 13.0 Å². The van der Waals surface area contributed by atoms with E-state index in [0.717, 1.165) is 5.69 Å². The van der Waals surface area contributed by atoms with E-state index in [1.807, 2.05) is 6.07 Å². The van der Waals surface area contributed by atoms with Crippen LogP contribution in [0.3, 0.4) is 0 Å². The Morgan fingerprint density at radius 2 is 2.11 bits per heavy atom. The van der Waals surface area contributed by atoms with E-state index in [2.05, 4.69) is 12.2 Å². The van der Waals surface area contributed by atoms with Crippen LogP contribution < -0.4 is 10.5 Å². The van der Waals surface area contributed by atoms with Gasteiger partial charge in [-0.05, 0) is 30.5 Å². The summed E-state index contributed by atoms with van der Waals surface area (Å²) in [5.74, 6) is 0.340.